The second kappa shape index (κ2) is 10.6. The van der Waals surface area contributed by atoms with Gasteiger partial charge in [-0.3, -0.25) is 9.78 Å². The van der Waals surface area contributed by atoms with Gasteiger partial charge in [0, 0.05) is 34.1 Å². The van der Waals surface area contributed by atoms with E-state index in [0.29, 0.717) is 10.1 Å². The second-order valence-electron chi connectivity index (χ2n) is 9.81. The summed E-state index contributed by atoms with van der Waals surface area (Å²) >= 11 is 12.2. The highest BCUT2D eigenvalue weighted by Gasteiger charge is 2.42. The zero-order valence-corrected chi connectivity index (χ0v) is 23.2. The quantitative estimate of drug-likeness (QED) is 0.247. The predicted molar refractivity (Wildman–Crippen MR) is 156 cm³/mol. The molecule has 1 aliphatic heterocycles. The molecule has 1 saturated heterocycles. The monoisotopic (exact) mass is 544 g/mol. The molecule has 0 radical (unpaired) electrons. The molecular formula is C30H29ClN4O2S. The summed E-state index contributed by atoms with van der Waals surface area (Å²) in [5.41, 5.74) is 5.38. The van der Waals surface area contributed by atoms with Gasteiger partial charge in [0.05, 0.1) is 11.7 Å². The Balaban J connectivity index is 1.55. The number of hydrogen-bond acceptors (Lipinski definition) is 4. The number of carbonyl (C=O) groups excluding carboxylic acids is 1. The Morgan fingerprint density at radius 1 is 1.08 bits per heavy atom. The van der Waals surface area contributed by atoms with Gasteiger partial charge in [-0.1, -0.05) is 43.6 Å². The van der Waals surface area contributed by atoms with Crippen molar-refractivity contribution in [3.8, 4) is 11.3 Å². The molecule has 2 N–H and O–H groups in total. The van der Waals surface area contributed by atoms with Crippen LogP contribution in [0.4, 0.5) is 11.4 Å². The van der Waals surface area contributed by atoms with Crippen molar-refractivity contribution < 1.29 is 9.21 Å². The number of carbonyl (C=O) groups is 1. The zero-order chi connectivity index (χ0) is 27.0. The Kier molecular flexibility index (Phi) is 7.23. The first kappa shape index (κ1) is 25.9. The molecule has 38 heavy (non-hydrogen) atoms. The molecule has 0 aliphatic carbocycles. The number of hydrogen-bond donors (Lipinski definition) is 2. The van der Waals surface area contributed by atoms with E-state index in [1.165, 1.54) is 0 Å². The smallest absolute Gasteiger partial charge is 0.226 e. The number of furan rings is 1. The average molecular weight is 545 g/mol. The molecule has 2 atom stereocenters. The van der Waals surface area contributed by atoms with Gasteiger partial charge in [0.1, 0.15) is 17.6 Å². The van der Waals surface area contributed by atoms with Crippen LogP contribution in [0.1, 0.15) is 48.5 Å². The number of aromatic nitrogens is 1. The fourth-order valence-electron chi connectivity index (χ4n) is 4.55. The van der Waals surface area contributed by atoms with Crippen molar-refractivity contribution in [1.82, 2.24) is 10.3 Å². The average Bonchev–Trinajstić information content (AvgIpc) is 3.52. The molecule has 5 rings (SSSR count). The molecule has 1 amide bonds. The molecule has 0 saturated carbocycles. The molecule has 2 aromatic heterocycles. The van der Waals surface area contributed by atoms with E-state index in [9.17, 15) is 4.79 Å². The molecule has 1 fully saturated rings. The van der Waals surface area contributed by atoms with Gasteiger partial charge in [-0.2, -0.15) is 0 Å². The maximum Gasteiger partial charge on any atom is 0.226 e. The minimum absolute atomic E-state index is 0.0216. The minimum atomic E-state index is -0.289. The molecule has 1 aliphatic rings. The summed E-state index contributed by atoms with van der Waals surface area (Å²) in [6, 6.07) is 21.1. The molecule has 0 unspecified atom stereocenters. The van der Waals surface area contributed by atoms with Gasteiger partial charge in [-0.15, -0.1) is 0 Å². The zero-order valence-electron chi connectivity index (χ0n) is 21.7. The number of thiocarbonyl (C=S) groups is 1. The van der Waals surface area contributed by atoms with E-state index in [0.717, 1.165) is 45.3 Å². The molecule has 0 spiro atoms. The summed E-state index contributed by atoms with van der Waals surface area (Å²) in [4.78, 5) is 18.9. The van der Waals surface area contributed by atoms with Gasteiger partial charge in [0.2, 0.25) is 5.91 Å². The number of pyridine rings is 1. The van der Waals surface area contributed by atoms with Crippen molar-refractivity contribution in [2.45, 2.75) is 39.8 Å². The fourth-order valence-corrected chi connectivity index (χ4v) is 5.08. The molecule has 2 aromatic carbocycles. The highest BCUT2D eigenvalue weighted by atomic mass is 35.5. The van der Waals surface area contributed by atoms with E-state index in [2.05, 4.69) is 20.5 Å². The van der Waals surface area contributed by atoms with Crippen LogP contribution in [0.25, 0.3) is 11.3 Å². The molecule has 3 heterocycles. The van der Waals surface area contributed by atoms with Crippen LogP contribution in [0.3, 0.4) is 0 Å². The van der Waals surface area contributed by atoms with Crippen molar-refractivity contribution in [1.29, 1.82) is 0 Å². The molecule has 8 heteroatoms. The lowest BCUT2D eigenvalue weighted by Crippen LogP contribution is -2.29. The lowest BCUT2D eigenvalue weighted by molar-refractivity contribution is -0.118. The number of nitrogens with one attached hydrogen (secondary N) is 2. The van der Waals surface area contributed by atoms with E-state index in [4.69, 9.17) is 28.2 Å². The number of halogens is 1. The molecule has 4 aromatic rings. The van der Waals surface area contributed by atoms with Crippen molar-refractivity contribution in [3.05, 3.63) is 101 Å². The Bertz CT molecular complexity index is 1500. The summed E-state index contributed by atoms with van der Waals surface area (Å²) in [6.45, 7) is 7.70. The number of anilines is 2. The van der Waals surface area contributed by atoms with Gasteiger partial charge >= 0.3 is 0 Å². The first-order valence-corrected chi connectivity index (χ1v) is 13.3. The molecule has 194 valence electrons. The lowest BCUT2D eigenvalue weighted by atomic mass is 10.0. The van der Waals surface area contributed by atoms with Crippen molar-refractivity contribution in [3.63, 3.8) is 0 Å². The minimum Gasteiger partial charge on any atom is -0.459 e. The van der Waals surface area contributed by atoms with Crippen LogP contribution in [0.2, 0.25) is 5.02 Å². The Morgan fingerprint density at radius 2 is 1.89 bits per heavy atom. The van der Waals surface area contributed by atoms with E-state index in [1.807, 2.05) is 94.4 Å². The van der Waals surface area contributed by atoms with Crippen LogP contribution in [0.5, 0.6) is 0 Å². The van der Waals surface area contributed by atoms with Crippen LogP contribution in [-0.4, -0.2) is 16.0 Å². The number of rotatable bonds is 6. The maximum atomic E-state index is 12.3. The molecular weight excluding hydrogens is 516 g/mol. The first-order chi connectivity index (χ1) is 18.2. The number of aryl methyl sites for hydroxylation is 2. The van der Waals surface area contributed by atoms with Crippen molar-refractivity contribution in [2.75, 3.05) is 10.2 Å². The van der Waals surface area contributed by atoms with E-state index in [-0.39, 0.29) is 23.9 Å². The third-order valence-corrected chi connectivity index (χ3v) is 7.46. The Labute approximate surface area is 233 Å². The Hall–Kier alpha value is -3.68. The standard InChI is InChI=1S/C30H29ClN4O2S/c1-17(2)29(36)33-23-11-10-21(15-19(23)4)35-28(27(34-30(35)38)24-7-5-6-14-32-24)26-13-12-25(37-26)20-9-8-18(3)22(31)16-20/h5-17,27-28H,1-4H3,(H,33,36)(H,34,38)/t27-,28-/m0/s1. The van der Waals surface area contributed by atoms with Crippen molar-refractivity contribution >= 4 is 46.2 Å². The van der Waals surface area contributed by atoms with E-state index < -0.39 is 0 Å². The first-order valence-electron chi connectivity index (χ1n) is 12.5. The normalized spacial score (nSPS) is 17.1. The number of nitrogens with zero attached hydrogens (tertiary/aromatic N) is 2. The highest BCUT2D eigenvalue weighted by Crippen LogP contribution is 2.43. The van der Waals surface area contributed by atoms with Gasteiger partial charge in [-0.25, -0.2) is 0 Å². The molecule has 0 bridgehead atoms. The van der Waals surface area contributed by atoms with Crippen LogP contribution < -0.4 is 15.5 Å². The van der Waals surface area contributed by atoms with E-state index >= 15 is 0 Å². The fraction of sp³-hybridized carbons (Fsp3) is 0.233. The Morgan fingerprint density at radius 3 is 2.58 bits per heavy atom. The van der Waals surface area contributed by atoms with Gasteiger partial charge in [0.25, 0.3) is 0 Å². The third-order valence-electron chi connectivity index (χ3n) is 6.74. The predicted octanol–water partition coefficient (Wildman–Crippen LogP) is 7.38. The number of benzene rings is 2. The maximum absolute atomic E-state index is 12.3. The van der Waals surface area contributed by atoms with Gasteiger partial charge < -0.3 is 20.0 Å². The SMILES string of the molecule is Cc1ccc(-c2ccc([C@H]3[C@H](c4ccccn4)NC(=S)N3c3ccc(NC(=O)C(C)C)c(C)c3)o2)cc1Cl. The number of amides is 1. The summed E-state index contributed by atoms with van der Waals surface area (Å²) in [5.74, 6) is 1.34. The van der Waals surface area contributed by atoms with Crippen LogP contribution in [0, 0.1) is 19.8 Å². The summed E-state index contributed by atoms with van der Waals surface area (Å²) in [5, 5.41) is 7.72. The summed E-state index contributed by atoms with van der Waals surface area (Å²) < 4.78 is 6.45. The highest BCUT2D eigenvalue weighted by molar-refractivity contribution is 7.80. The summed E-state index contributed by atoms with van der Waals surface area (Å²) in [6.07, 6.45) is 1.78. The van der Waals surface area contributed by atoms with Crippen LogP contribution in [-0.2, 0) is 4.79 Å². The molecule has 6 nitrogen and oxygen atoms in total. The van der Waals surface area contributed by atoms with Crippen molar-refractivity contribution in [2.24, 2.45) is 5.92 Å². The topological polar surface area (TPSA) is 70.4 Å². The van der Waals surface area contributed by atoms with Gasteiger partial charge in [-0.05, 0) is 85.7 Å². The second-order valence-corrected chi connectivity index (χ2v) is 10.6. The largest absolute Gasteiger partial charge is 0.459 e. The van der Waals surface area contributed by atoms with Crippen LogP contribution >= 0.6 is 23.8 Å². The lowest BCUT2D eigenvalue weighted by Gasteiger charge is -2.27. The van der Waals surface area contributed by atoms with E-state index in [1.54, 1.807) is 6.20 Å². The van der Waals surface area contributed by atoms with Gasteiger partial charge in [0.15, 0.2) is 5.11 Å². The third kappa shape index (κ3) is 5.04. The summed E-state index contributed by atoms with van der Waals surface area (Å²) in [7, 11) is 0. The van der Waals surface area contributed by atoms with Crippen LogP contribution in [0.15, 0.2) is 77.3 Å².